The lowest BCUT2D eigenvalue weighted by atomic mass is 9.85. The highest BCUT2D eigenvalue weighted by molar-refractivity contribution is 5.86. The Morgan fingerprint density at radius 2 is 2.10 bits per heavy atom. The first-order valence-corrected chi connectivity index (χ1v) is 10.5. The molecule has 0 amide bonds. The van der Waals surface area contributed by atoms with E-state index in [1.807, 2.05) is 6.07 Å². The number of nitrogens with one attached hydrogen (secondary N) is 2. The molecule has 5 nitrogen and oxygen atoms in total. The molecule has 150 valence electrons. The second kappa shape index (κ2) is 7.81. The molecule has 0 saturated heterocycles. The zero-order valence-electron chi connectivity index (χ0n) is 16.8. The summed E-state index contributed by atoms with van der Waals surface area (Å²) in [5, 5.41) is 6.06. The van der Waals surface area contributed by atoms with Crippen molar-refractivity contribution in [2.45, 2.75) is 32.4 Å². The van der Waals surface area contributed by atoms with Crippen molar-refractivity contribution in [3.63, 3.8) is 0 Å². The average molecular weight is 396 g/mol. The van der Waals surface area contributed by atoms with Crippen molar-refractivity contribution in [2.24, 2.45) is 5.92 Å². The van der Waals surface area contributed by atoms with E-state index in [1.165, 1.54) is 30.3 Å². The first kappa shape index (κ1) is 18.7. The Balaban J connectivity index is 1.36. The molecule has 2 N–H and O–H groups in total. The van der Waals surface area contributed by atoms with Crippen LogP contribution in [0.4, 0.5) is 0 Å². The summed E-state index contributed by atoms with van der Waals surface area (Å²) in [5.74, 6) is 3.45. The van der Waals surface area contributed by atoms with Crippen LogP contribution < -0.4 is 10.9 Å². The Morgan fingerprint density at radius 1 is 1.20 bits per heavy atom. The number of pyridine rings is 2. The number of hydrogen-bond acceptors (Lipinski definition) is 3. The zero-order valence-corrected chi connectivity index (χ0v) is 16.8. The summed E-state index contributed by atoms with van der Waals surface area (Å²) in [4.78, 5) is 20.5. The summed E-state index contributed by atoms with van der Waals surface area (Å²) in [7, 11) is 0. The standard InChI is InChI=1S/C25H24N4O/c1-2-19-13-27-15-23-22(19)8-9-29(25(23)30)16-18-6-7-20-11-21(28-24(20)10-18)14-26-12-17-4-3-5-17/h1,6-11,13,15,17,26,28H,3-5,12,14,16H2. The van der Waals surface area contributed by atoms with Gasteiger partial charge in [-0.05, 0) is 54.5 Å². The van der Waals surface area contributed by atoms with Crippen molar-refractivity contribution >= 4 is 21.7 Å². The Labute approximate surface area is 175 Å². The minimum absolute atomic E-state index is 0.0791. The number of hydrogen-bond donors (Lipinski definition) is 2. The topological polar surface area (TPSA) is 62.7 Å². The van der Waals surface area contributed by atoms with Crippen LogP contribution in [-0.2, 0) is 13.1 Å². The Bertz CT molecular complexity index is 1320. The summed E-state index contributed by atoms with van der Waals surface area (Å²) in [6.45, 7) is 2.45. The van der Waals surface area contributed by atoms with E-state index in [0.717, 1.165) is 35.5 Å². The van der Waals surface area contributed by atoms with Crippen LogP contribution in [0.2, 0.25) is 0 Å². The molecular weight excluding hydrogens is 372 g/mol. The number of nitrogens with zero attached hydrogens (tertiary/aromatic N) is 2. The van der Waals surface area contributed by atoms with Gasteiger partial charge in [0, 0.05) is 41.7 Å². The number of aromatic amines is 1. The van der Waals surface area contributed by atoms with Gasteiger partial charge in [-0.3, -0.25) is 9.78 Å². The predicted octanol–water partition coefficient (Wildman–Crippen LogP) is 3.80. The summed E-state index contributed by atoms with van der Waals surface area (Å²) in [5.41, 5.74) is 3.92. The normalized spacial score (nSPS) is 14.1. The van der Waals surface area contributed by atoms with Crippen LogP contribution in [-0.4, -0.2) is 21.1 Å². The lowest BCUT2D eigenvalue weighted by Crippen LogP contribution is -2.26. The van der Waals surface area contributed by atoms with E-state index in [0.29, 0.717) is 17.5 Å². The van der Waals surface area contributed by atoms with Gasteiger partial charge in [0.2, 0.25) is 0 Å². The molecule has 0 atom stereocenters. The maximum Gasteiger partial charge on any atom is 0.260 e. The van der Waals surface area contributed by atoms with E-state index in [4.69, 9.17) is 6.42 Å². The third-order valence-electron chi connectivity index (χ3n) is 6.12. The molecule has 3 heterocycles. The molecule has 1 saturated carbocycles. The van der Waals surface area contributed by atoms with Crippen LogP contribution in [0.3, 0.4) is 0 Å². The van der Waals surface area contributed by atoms with Crippen LogP contribution >= 0.6 is 0 Å². The van der Waals surface area contributed by atoms with Gasteiger partial charge in [0.05, 0.1) is 17.5 Å². The molecule has 1 aliphatic rings. The summed E-state index contributed by atoms with van der Waals surface area (Å²) in [6, 6.07) is 10.4. The van der Waals surface area contributed by atoms with E-state index in [9.17, 15) is 4.79 Å². The average Bonchev–Trinajstić information content (AvgIpc) is 3.13. The quantitative estimate of drug-likeness (QED) is 0.488. The highest BCUT2D eigenvalue weighted by Gasteiger charge is 2.16. The Kier molecular flexibility index (Phi) is 4.86. The van der Waals surface area contributed by atoms with E-state index in [1.54, 1.807) is 23.2 Å². The molecule has 0 radical (unpaired) electrons. The summed E-state index contributed by atoms with van der Waals surface area (Å²) >= 11 is 0. The van der Waals surface area contributed by atoms with Crippen LogP contribution in [0.15, 0.2) is 53.7 Å². The first-order valence-electron chi connectivity index (χ1n) is 10.5. The smallest absolute Gasteiger partial charge is 0.260 e. The molecule has 0 bridgehead atoms. The van der Waals surface area contributed by atoms with Crippen molar-refractivity contribution in [2.75, 3.05) is 6.54 Å². The van der Waals surface area contributed by atoms with Gasteiger partial charge < -0.3 is 14.9 Å². The number of H-pyrrole nitrogens is 1. The van der Waals surface area contributed by atoms with Gasteiger partial charge in [0.15, 0.2) is 0 Å². The Hall–Kier alpha value is -3.36. The predicted molar refractivity (Wildman–Crippen MR) is 120 cm³/mol. The van der Waals surface area contributed by atoms with Crippen LogP contribution in [0, 0.1) is 18.3 Å². The lowest BCUT2D eigenvalue weighted by molar-refractivity contribution is 0.301. The number of aromatic nitrogens is 3. The van der Waals surface area contributed by atoms with E-state index >= 15 is 0 Å². The monoisotopic (exact) mass is 396 g/mol. The van der Waals surface area contributed by atoms with E-state index < -0.39 is 0 Å². The lowest BCUT2D eigenvalue weighted by Gasteiger charge is -2.25. The Morgan fingerprint density at radius 3 is 2.90 bits per heavy atom. The van der Waals surface area contributed by atoms with Gasteiger partial charge >= 0.3 is 0 Å². The van der Waals surface area contributed by atoms with Crippen molar-refractivity contribution < 1.29 is 0 Å². The minimum atomic E-state index is -0.0791. The molecule has 4 aromatic rings. The van der Waals surface area contributed by atoms with Crippen LogP contribution in [0.25, 0.3) is 21.7 Å². The molecule has 5 heteroatoms. The molecule has 1 aliphatic carbocycles. The maximum atomic E-state index is 12.9. The first-order chi connectivity index (χ1) is 14.7. The minimum Gasteiger partial charge on any atom is -0.357 e. The van der Waals surface area contributed by atoms with E-state index in [-0.39, 0.29) is 5.56 Å². The van der Waals surface area contributed by atoms with Crippen molar-refractivity contribution in [3.05, 3.63) is 76.1 Å². The van der Waals surface area contributed by atoms with Gasteiger partial charge in [-0.1, -0.05) is 24.5 Å². The highest BCUT2D eigenvalue weighted by atomic mass is 16.1. The molecule has 3 aromatic heterocycles. The number of rotatable bonds is 6. The van der Waals surface area contributed by atoms with Gasteiger partial charge in [-0.25, -0.2) is 0 Å². The van der Waals surface area contributed by atoms with Gasteiger partial charge in [0.25, 0.3) is 5.56 Å². The number of fused-ring (bicyclic) bond motifs is 2. The molecule has 0 unspecified atom stereocenters. The van der Waals surface area contributed by atoms with Crippen molar-refractivity contribution in [1.29, 1.82) is 0 Å². The third-order valence-corrected chi connectivity index (χ3v) is 6.12. The van der Waals surface area contributed by atoms with Crippen LogP contribution in [0.5, 0.6) is 0 Å². The van der Waals surface area contributed by atoms with Gasteiger partial charge in [0.1, 0.15) is 0 Å². The molecule has 30 heavy (non-hydrogen) atoms. The van der Waals surface area contributed by atoms with Gasteiger partial charge in [-0.2, -0.15) is 0 Å². The van der Waals surface area contributed by atoms with Gasteiger partial charge in [-0.15, -0.1) is 6.42 Å². The SMILES string of the molecule is C#Cc1cncc2c(=O)n(Cc3ccc4cc(CNCC5CCC5)[nH]c4c3)ccc12. The van der Waals surface area contributed by atoms with Crippen LogP contribution in [0.1, 0.15) is 36.1 Å². The highest BCUT2D eigenvalue weighted by Crippen LogP contribution is 2.25. The fourth-order valence-corrected chi connectivity index (χ4v) is 4.18. The molecule has 1 aromatic carbocycles. The third kappa shape index (κ3) is 3.51. The molecule has 1 fully saturated rings. The molecule has 0 spiro atoms. The fraction of sp³-hybridized carbons (Fsp3) is 0.280. The van der Waals surface area contributed by atoms with E-state index in [2.05, 4.69) is 45.5 Å². The molecular formula is C25H24N4O. The second-order valence-corrected chi connectivity index (χ2v) is 8.19. The number of benzene rings is 1. The second-order valence-electron chi connectivity index (χ2n) is 8.19. The summed E-state index contributed by atoms with van der Waals surface area (Å²) in [6.07, 6.45) is 14.6. The number of terminal acetylenes is 1. The maximum absolute atomic E-state index is 12.9. The summed E-state index contributed by atoms with van der Waals surface area (Å²) < 4.78 is 1.70. The van der Waals surface area contributed by atoms with Crippen molar-refractivity contribution in [1.82, 2.24) is 19.9 Å². The van der Waals surface area contributed by atoms with Crippen molar-refractivity contribution in [3.8, 4) is 12.3 Å². The largest absolute Gasteiger partial charge is 0.357 e. The zero-order chi connectivity index (χ0) is 20.5. The molecule has 5 rings (SSSR count). The fourth-order valence-electron chi connectivity index (χ4n) is 4.18. The molecule has 0 aliphatic heterocycles.